The molecule has 0 aromatic carbocycles. The first-order valence-corrected chi connectivity index (χ1v) is 21.0. The highest BCUT2D eigenvalue weighted by atomic mass is 16.7. The summed E-state index contributed by atoms with van der Waals surface area (Å²) in [6.45, 7) is 15.7. The maximum absolute atomic E-state index is 12.6. The monoisotopic (exact) mass is 800 g/mol. The van der Waals surface area contributed by atoms with Crippen molar-refractivity contribution in [2.24, 2.45) is 45.3 Å². The maximum atomic E-state index is 12.6. The summed E-state index contributed by atoms with van der Waals surface area (Å²) < 4.78 is 25.4. The Kier molecular flexibility index (Phi) is 12.7. The van der Waals surface area contributed by atoms with Crippen LogP contribution in [0.3, 0.4) is 0 Å². The summed E-state index contributed by atoms with van der Waals surface area (Å²) >= 11 is 0. The molecule has 0 radical (unpaired) electrons. The van der Waals surface area contributed by atoms with E-state index >= 15 is 0 Å². The van der Waals surface area contributed by atoms with Crippen LogP contribution in [0.1, 0.15) is 107 Å². The Balaban J connectivity index is 1.39. The molecule has 2 heterocycles. The normalized spacial score (nSPS) is 52.6. The number of ether oxygens (including phenoxy) is 4. The predicted octanol–water partition coefficient (Wildman–Crippen LogP) is 1.12. The van der Waals surface area contributed by atoms with E-state index in [1.165, 1.54) is 0 Å². The van der Waals surface area contributed by atoms with Crippen molar-refractivity contribution in [3.63, 3.8) is 0 Å². The van der Waals surface area contributed by atoms with Gasteiger partial charge in [-0.25, -0.2) is 0 Å². The molecular weight excluding hydrogens is 728 g/mol. The fourth-order valence-electron chi connectivity index (χ4n) is 13.5. The lowest BCUT2D eigenvalue weighted by Gasteiger charge is -2.72. The van der Waals surface area contributed by atoms with E-state index in [1.54, 1.807) is 0 Å². The van der Waals surface area contributed by atoms with Crippen molar-refractivity contribution >= 4 is 0 Å². The summed E-state index contributed by atoms with van der Waals surface area (Å²) in [4.78, 5) is 0. The van der Waals surface area contributed by atoms with E-state index in [2.05, 4.69) is 26.8 Å². The van der Waals surface area contributed by atoms with Crippen molar-refractivity contribution < 1.29 is 70.0 Å². The number of allylic oxidation sites excluding steroid dienone is 2. The minimum atomic E-state index is -1.61. The minimum Gasteiger partial charge on any atom is -0.394 e. The molecule has 324 valence electrons. The summed E-state index contributed by atoms with van der Waals surface area (Å²) in [5.41, 5.74) is -1.92. The van der Waals surface area contributed by atoms with Crippen LogP contribution in [0.5, 0.6) is 0 Å². The third-order valence-electron chi connectivity index (χ3n) is 16.6. The van der Waals surface area contributed by atoms with Gasteiger partial charge < -0.3 is 70.0 Å². The summed E-state index contributed by atoms with van der Waals surface area (Å²) in [5, 5.41) is 109. The average Bonchev–Trinajstić information content (AvgIpc) is 3.52. The van der Waals surface area contributed by atoms with Gasteiger partial charge in [0.2, 0.25) is 0 Å². The molecule has 0 spiro atoms. The summed E-state index contributed by atoms with van der Waals surface area (Å²) in [7, 11) is 0. The zero-order chi connectivity index (χ0) is 41.5. The number of aliphatic hydroxyl groups excluding tert-OH is 10. The zero-order valence-electron chi connectivity index (χ0n) is 34.6. The van der Waals surface area contributed by atoms with Crippen LogP contribution in [0.4, 0.5) is 0 Å². The summed E-state index contributed by atoms with van der Waals surface area (Å²) in [6.07, 6.45) is -9.52. The molecule has 4 saturated carbocycles. The molecule has 2 unspecified atom stereocenters. The van der Waals surface area contributed by atoms with Gasteiger partial charge in [0.25, 0.3) is 0 Å². The van der Waals surface area contributed by atoms with Crippen molar-refractivity contribution in [2.45, 2.75) is 192 Å². The van der Waals surface area contributed by atoms with E-state index in [9.17, 15) is 51.1 Å². The standard InChI is InChI=1S/C42H72O14/c1-20(2)10-9-13-42(8,56-37-34(52)32(50)30(48)25(19-44)55-37)21-11-15-40(6)28(21)22(45)16-26-39(5)14-12-27(46)38(3,4)35(39)23(17-41(26,40)7)53-36-33(51)31(49)29(47)24(18-43)54-36/h10,21-37,43-52H,9,11-19H2,1-8H3/t21-,22?,23-,24+,25+,26+,27?,28-,29+,30+,31-,32-,33+,34+,35-,36+,37-,39+,40+,41+,42-/m0/s1. The Bertz CT molecular complexity index is 1400. The molecule has 0 bridgehead atoms. The van der Waals surface area contributed by atoms with Crippen molar-refractivity contribution in [1.29, 1.82) is 0 Å². The van der Waals surface area contributed by atoms with E-state index in [4.69, 9.17) is 18.9 Å². The Morgan fingerprint density at radius 1 is 0.750 bits per heavy atom. The van der Waals surface area contributed by atoms with E-state index in [0.29, 0.717) is 44.9 Å². The van der Waals surface area contributed by atoms with E-state index < -0.39 is 120 Å². The van der Waals surface area contributed by atoms with E-state index in [-0.39, 0.29) is 23.7 Å². The van der Waals surface area contributed by atoms with Crippen LogP contribution >= 0.6 is 0 Å². The molecule has 6 rings (SSSR count). The van der Waals surface area contributed by atoms with Gasteiger partial charge in [-0.05, 0) is 117 Å². The van der Waals surface area contributed by atoms with Crippen LogP contribution in [0, 0.1) is 45.3 Å². The molecular formula is C42H72O14. The smallest absolute Gasteiger partial charge is 0.187 e. The van der Waals surface area contributed by atoms with Crippen LogP contribution < -0.4 is 0 Å². The fourth-order valence-corrected chi connectivity index (χ4v) is 13.5. The quantitative estimate of drug-likeness (QED) is 0.110. The Morgan fingerprint density at radius 2 is 1.32 bits per heavy atom. The number of hydrogen-bond acceptors (Lipinski definition) is 14. The third-order valence-corrected chi connectivity index (χ3v) is 16.6. The number of fused-ring (bicyclic) bond motifs is 5. The van der Waals surface area contributed by atoms with Crippen molar-refractivity contribution in [1.82, 2.24) is 0 Å². The molecule has 4 aliphatic carbocycles. The topological polar surface area (TPSA) is 239 Å². The molecule has 2 saturated heterocycles. The van der Waals surface area contributed by atoms with Gasteiger partial charge >= 0.3 is 0 Å². The molecule has 14 heteroatoms. The highest BCUT2D eigenvalue weighted by Crippen LogP contribution is 2.76. The van der Waals surface area contributed by atoms with Gasteiger partial charge in [-0.15, -0.1) is 0 Å². The molecule has 0 aromatic heterocycles. The van der Waals surface area contributed by atoms with Gasteiger partial charge in [0.05, 0.1) is 37.1 Å². The van der Waals surface area contributed by atoms with Crippen LogP contribution in [-0.4, -0.2) is 150 Å². The lowest BCUT2D eigenvalue weighted by molar-refractivity contribution is -0.349. The van der Waals surface area contributed by atoms with Crippen LogP contribution in [0.2, 0.25) is 0 Å². The molecule has 56 heavy (non-hydrogen) atoms. The van der Waals surface area contributed by atoms with Crippen LogP contribution in [-0.2, 0) is 18.9 Å². The van der Waals surface area contributed by atoms with E-state index in [1.807, 2.05) is 34.6 Å². The molecule has 0 aromatic rings. The minimum absolute atomic E-state index is 0.000258. The van der Waals surface area contributed by atoms with Crippen molar-refractivity contribution in [3.8, 4) is 0 Å². The first-order chi connectivity index (χ1) is 26.0. The van der Waals surface area contributed by atoms with Gasteiger partial charge in [0.15, 0.2) is 12.6 Å². The second kappa shape index (κ2) is 15.9. The maximum Gasteiger partial charge on any atom is 0.187 e. The lowest BCUT2D eigenvalue weighted by Crippen LogP contribution is -2.71. The second-order valence-electron chi connectivity index (χ2n) is 20.2. The molecule has 21 atom stereocenters. The Morgan fingerprint density at radius 3 is 1.89 bits per heavy atom. The van der Waals surface area contributed by atoms with Crippen LogP contribution in [0.25, 0.3) is 0 Å². The van der Waals surface area contributed by atoms with E-state index in [0.717, 1.165) is 12.0 Å². The first-order valence-electron chi connectivity index (χ1n) is 21.0. The van der Waals surface area contributed by atoms with Gasteiger partial charge in [-0.2, -0.15) is 0 Å². The summed E-state index contributed by atoms with van der Waals surface area (Å²) in [6, 6.07) is 0. The highest BCUT2D eigenvalue weighted by molar-refractivity contribution is 5.22. The number of hydrogen-bond donors (Lipinski definition) is 10. The zero-order valence-corrected chi connectivity index (χ0v) is 34.6. The molecule has 10 N–H and O–H groups in total. The second-order valence-corrected chi connectivity index (χ2v) is 20.2. The average molecular weight is 801 g/mol. The largest absolute Gasteiger partial charge is 0.394 e. The lowest BCUT2D eigenvalue weighted by atomic mass is 9.34. The summed E-state index contributed by atoms with van der Waals surface area (Å²) in [5.74, 6) is -0.781. The SMILES string of the molecule is CC(C)=CCC[C@](C)(O[C@@H]1O[C@H](CO)[C@@H](O)[C@H](O)[C@H]1O)[C@H]1CC[C@]2(C)[C@@H]1C(O)C[C@@H]1[C@@]3(C)CCC(O)C(C)(C)[C@@H]3[C@@H](O[C@@H]3O[C@H](CO)[C@@H](O)[C@H](O)[C@H]3O)C[C@]12C. The third kappa shape index (κ3) is 7.06. The molecule has 0 amide bonds. The molecule has 14 nitrogen and oxygen atoms in total. The predicted molar refractivity (Wildman–Crippen MR) is 202 cm³/mol. The van der Waals surface area contributed by atoms with Gasteiger partial charge in [-0.1, -0.05) is 46.3 Å². The number of rotatable bonds is 10. The highest BCUT2D eigenvalue weighted by Gasteiger charge is 2.74. The molecule has 6 aliphatic rings. The van der Waals surface area contributed by atoms with Crippen molar-refractivity contribution in [3.05, 3.63) is 11.6 Å². The van der Waals surface area contributed by atoms with Crippen molar-refractivity contribution in [2.75, 3.05) is 13.2 Å². The molecule has 6 fully saturated rings. The van der Waals surface area contributed by atoms with Gasteiger partial charge in [0, 0.05) is 0 Å². The first kappa shape index (κ1) is 44.7. The van der Waals surface area contributed by atoms with Gasteiger partial charge in [0.1, 0.15) is 48.8 Å². The van der Waals surface area contributed by atoms with Crippen LogP contribution in [0.15, 0.2) is 11.6 Å². The fraction of sp³-hybridized carbons (Fsp3) is 0.952. The molecule has 2 aliphatic heterocycles. The Hall–Kier alpha value is -0.820. The number of aliphatic hydroxyl groups is 10. The van der Waals surface area contributed by atoms with Gasteiger partial charge in [-0.3, -0.25) is 0 Å². The Labute approximate surface area is 331 Å².